The van der Waals surface area contributed by atoms with Crippen molar-refractivity contribution < 1.29 is 8.42 Å². The smallest absolute Gasteiger partial charge is 0.153 e. The summed E-state index contributed by atoms with van der Waals surface area (Å²) >= 11 is 0. The van der Waals surface area contributed by atoms with Crippen LogP contribution in [0.1, 0.15) is 38.5 Å². The van der Waals surface area contributed by atoms with E-state index in [0.717, 1.165) is 25.7 Å². The van der Waals surface area contributed by atoms with Gasteiger partial charge in [-0.25, -0.2) is 8.42 Å². The van der Waals surface area contributed by atoms with Gasteiger partial charge in [0.1, 0.15) is 0 Å². The maximum Gasteiger partial charge on any atom is 0.153 e. The fourth-order valence-electron chi connectivity index (χ4n) is 2.53. The van der Waals surface area contributed by atoms with Crippen LogP contribution >= 0.6 is 0 Å². The zero-order valence-electron chi connectivity index (χ0n) is 7.33. The number of rotatable bonds is 0. The van der Waals surface area contributed by atoms with Crippen LogP contribution in [0.25, 0.3) is 0 Å². The maximum absolute atomic E-state index is 11.5. The highest BCUT2D eigenvalue weighted by atomic mass is 32.2. The van der Waals surface area contributed by atoms with E-state index in [1.807, 2.05) is 0 Å². The van der Waals surface area contributed by atoms with Gasteiger partial charge in [0.15, 0.2) is 9.84 Å². The molecule has 0 radical (unpaired) electrons. The second kappa shape index (κ2) is 3.02. The lowest BCUT2D eigenvalue weighted by Gasteiger charge is -2.13. The molecular formula is C9H16O2S. The van der Waals surface area contributed by atoms with Gasteiger partial charge < -0.3 is 0 Å². The highest BCUT2D eigenvalue weighted by Gasteiger charge is 2.38. The molecule has 2 atom stereocenters. The fraction of sp³-hybridized carbons (Fsp3) is 1.00. The zero-order chi connectivity index (χ0) is 8.60. The maximum atomic E-state index is 11.5. The molecular weight excluding hydrogens is 172 g/mol. The minimum Gasteiger partial charge on any atom is -0.229 e. The Balaban J connectivity index is 2.17. The van der Waals surface area contributed by atoms with Crippen LogP contribution in [0.4, 0.5) is 0 Å². The molecule has 2 unspecified atom stereocenters. The third kappa shape index (κ3) is 1.51. The van der Waals surface area contributed by atoms with Gasteiger partial charge in [0.05, 0.1) is 11.0 Å². The van der Waals surface area contributed by atoms with Crippen LogP contribution in [0.5, 0.6) is 0 Å². The number of sulfone groups is 1. The van der Waals surface area contributed by atoms with Gasteiger partial charge in [-0.3, -0.25) is 0 Å². The molecule has 2 bridgehead atoms. The van der Waals surface area contributed by atoms with Crippen molar-refractivity contribution in [1.82, 2.24) is 0 Å². The SMILES string of the molecule is O=S1(=O)CC2CCCCCC1C2. The van der Waals surface area contributed by atoms with Crippen LogP contribution in [-0.2, 0) is 9.84 Å². The molecule has 0 N–H and O–H groups in total. The summed E-state index contributed by atoms with van der Waals surface area (Å²) in [6.07, 6.45) is 6.64. The molecule has 0 spiro atoms. The second-order valence-electron chi connectivity index (χ2n) is 4.19. The highest BCUT2D eigenvalue weighted by Crippen LogP contribution is 2.34. The van der Waals surface area contributed by atoms with E-state index in [-0.39, 0.29) is 5.25 Å². The topological polar surface area (TPSA) is 34.1 Å². The molecule has 2 fully saturated rings. The molecule has 1 saturated heterocycles. The summed E-state index contributed by atoms with van der Waals surface area (Å²) in [4.78, 5) is 0. The Kier molecular flexibility index (Phi) is 2.15. The van der Waals surface area contributed by atoms with E-state index in [0.29, 0.717) is 11.7 Å². The Morgan fingerprint density at radius 2 is 1.75 bits per heavy atom. The molecule has 12 heavy (non-hydrogen) atoms. The normalized spacial score (nSPS) is 40.3. The van der Waals surface area contributed by atoms with Crippen LogP contribution in [0.15, 0.2) is 0 Å². The standard InChI is InChI=1S/C9H16O2S/c10-12(11)7-8-4-2-1-3-5-9(12)6-8/h8-9H,1-7H2. The quantitative estimate of drug-likeness (QED) is 0.580. The Hall–Kier alpha value is -0.0500. The lowest BCUT2D eigenvalue weighted by Crippen LogP contribution is -2.15. The van der Waals surface area contributed by atoms with Crippen LogP contribution in [0.3, 0.4) is 0 Å². The molecule has 3 heteroatoms. The molecule has 2 aliphatic rings. The van der Waals surface area contributed by atoms with Crippen molar-refractivity contribution >= 4 is 9.84 Å². The summed E-state index contributed by atoms with van der Waals surface area (Å²) in [5.41, 5.74) is 0. The lowest BCUT2D eigenvalue weighted by atomic mass is 9.93. The predicted molar refractivity (Wildman–Crippen MR) is 48.8 cm³/mol. The van der Waals surface area contributed by atoms with Crippen LogP contribution in [0, 0.1) is 5.92 Å². The van der Waals surface area contributed by atoms with Crippen molar-refractivity contribution in [3.63, 3.8) is 0 Å². The van der Waals surface area contributed by atoms with Gasteiger partial charge in [-0.1, -0.05) is 19.3 Å². The summed E-state index contributed by atoms with van der Waals surface area (Å²) in [5, 5.41) is 0.0304. The van der Waals surface area contributed by atoms with E-state index >= 15 is 0 Å². The van der Waals surface area contributed by atoms with E-state index in [1.54, 1.807) is 0 Å². The van der Waals surface area contributed by atoms with Gasteiger partial charge >= 0.3 is 0 Å². The number of hydrogen-bond acceptors (Lipinski definition) is 2. The van der Waals surface area contributed by atoms with Crippen molar-refractivity contribution in [2.24, 2.45) is 5.92 Å². The molecule has 1 heterocycles. The van der Waals surface area contributed by atoms with E-state index in [2.05, 4.69) is 0 Å². The third-order valence-electron chi connectivity index (χ3n) is 3.21. The van der Waals surface area contributed by atoms with Gasteiger partial charge in [0.25, 0.3) is 0 Å². The first-order valence-corrected chi connectivity index (χ1v) is 6.61. The fourth-order valence-corrected chi connectivity index (χ4v) is 4.85. The molecule has 0 aromatic rings. The van der Waals surface area contributed by atoms with Gasteiger partial charge in [-0.2, -0.15) is 0 Å². The lowest BCUT2D eigenvalue weighted by molar-refractivity contribution is 0.434. The summed E-state index contributed by atoms with van der Waals surface area (Å²) in [6, 6.07) is 0. The Labute approximate surface area is 74.3 Å². The largest absolute Gasteiger partial charge is 0.229 e. The highest BCUT2D eigenvalue weighted by molar-refractivity contribution is 7.92. The summed E-state index contributed by atoms with van der Waals surface area (Å²) in [5.74, 6) is 0.984. The average molecular weight is 188 g/mol. The zero-order valence-corrected chi connectivity index (χ0v) is 8.15. The van der Waals surface area contributed by atoms with Crippen molar-refractivity contribution in [3.8, 4) is 0 Å². The van der Waals surface area contributed by atoms with Gasteiger partial charge in [0, 0.05) is 0 Å². The summed E-state index contributed by atoms with van der Waals surface area (Å²) < 4.78 is 23.1. The molecule has 2 nitrogen and oxygen atoms in total. The monoisotopic (exact) mass is 188 g/mol. The molecule has 0 amide bonds. The summed E-state index contributed by atoms with van der Waals surface area (Å²) in [7, 11) is -2.67. The molecule has 1 aliphatic heterocycles. The van der Waals surface area contributed by atoms with Gasteiger partial charge in [0.2, 0.25) is 0 Å². The molecule has 1 aliphatic carbocycles. The molecule has 1 saturated carbocycles. The van der Waals surface area contributed by atoms with Crippen molar-refractivity contribution in [2.45, 2.75) is 43.8 Å². The van der Waals surface area contributed by atoms with E-state index in [1.165, 1.54) is 12.8 Å². The third-order valence-corrected chi connectivity index (χ3v) is 5.59. The number of hydrogen-bond donors (Lipinski definition) is 0. The first kappa shape index (κ1) is 8.54. The Morgan fingerprint density at radius 1 is 1.00 bits per heavy atom. The van der Waals surface area contributed by atoms with Crippen molar-refractivity contribution in [3.05, 3.63) is 0 Å². The summed E-state index contributed by atoms with van der Waals surface area (Å²) in [6.45, 7) is 0. The van der Waals surface area contributed by atoms with Crippen LogP contribution < -0.4 is 0 Å². The second-order valence-corrected chi connectivity index (χ2v) is 6.52. The molecule has 0 aromatic carbocycles. The Bertz CT molecular complexity index is 256. The first-order valence-electron chi connectivity index (χ1n) is 4.90. The molecule has 70 valence electrons. The van der Waals surface area contributed by atoms with Crippen molar-refractivity contribution in [1.29, 1.82) is 0 Å². The number of fused-ring (bicyclic) bond motifs is 2. The minimum absolute atomic E-state index is 0.0304. The minimum atomic E-state index is -2.67. The molecule has 0 aromatic heterocycles. The first-order chi connectivity index (χ1) is 5.68. The molecule has 2 rings (SSSR count). The van der Waals surface area contributed by atoms with Crippen molar-refractivity contribution in [2.75, 3.05) is 5.75 Å². The van der Waals surface area contributed by atoms with Gasteiger partial charge in [-0.05, 0) is 25.2 Å². The van der Waals surface area contributed by atoms with Crippen LogP contribution in [0.2, 0.25) is 0 Å². The van der Waals surface area contributed by atoms with E-state index in [4.69, 9.17) is 0 Å². The van der Waals surface area contributed by atoms with Gasteiger partial charge in [-0.15, -0.1) is 0 Å². The predicted octanol–water partition coefficient (Wildman–Crippen LogP) is 1.75. The Morgan fingerprint density at radius 3 is 2.58 bits per heavy atom. The van der Waals surface area contributed by atoms with E-state index in [9.17, 15) is 8.42 Å². The average Bonchev–Trinajstić information content (AvgIpc) is 2.22. The van der Waals surface area contributed by atoms with E-state index < -0.39 is 9.84 Å². The van der Waals surface area contributed by atoms with Crippen LogP contribution in [-0.4, -0.2) is 19.4 Å².